The number of benzene rings is 2. The lowest BCUT2D eigenvalue weighted by Crippen LogP contribution is -2.36. The van der Waals surface area contributed by atoms with Crippen molar-refractivity contribution >= 4 is 18.2 Å². The maximum absolute atomic E-state index is 12.2. The summed E-state index contributed by atoms with van der Waals surface area (Å²) in [6.45, 7) is 1.46. The highest BCUT2D eigenvalue weighted by atomic mass is 16.7. The number of carbonyl (C=O) groups is 3. The molecule has 3 rings (SSSR count). The zero-order valence-corrected chi connectivity index (χ0v) is 16.5. The van der Waals surface area contributed by atoms with Gasteiger partial charge in [-0.15, -0.1) is 0 Å². The topological polar surface area (TPSA) is 109 Å². The Kier molecular flexibility index (Phi) is 6.74. The molecular weight excluding hydrogens is 394 g/mol. The van der Waals surface area contributed by atoms with E-state index in [9.17, 15) is 14.4 Å². The molecule has 0 radical (unpaired) electrons. The number of ether oxygens (including phenoxy) is 5. The van der Waals surface area contributed by atoms with Gasteiger partial charge in [0.05, 0.1) is 7.11 Å². The Morgan fingerprint density at radius 2 is 1.93 bits per heavy atom. The second kappa shape index (κ2) is 9.64. The second-order valence-corrected chi connectivity index (χ2v) is 6.35. The zero-order valence-electron chi connectivity index (χ0n) is 16.5. The highest BCUT2D eigenvalue weighted by Crippen LogP contribution is 2.32. The lowest BCUT2D eigenvalue weighted by atomic mass is 10.2. The molecule has 0 aliphatic carbocycles. The number of rotatable bonds is 9. The fourth-order valence-corrected chi connectivity index (χ4v) is 2.68. The Morgan fingerprint density at radius 3 is 2.70 bits per heavy atom. The summed E-state index contributed by atoms with van der Waals surface area (Å²) in [4.78, 5) is 35.0. The van der Waals surface area contributed by atoms with Gasteiger partial charge in [0.25, 0.3) is 5.91 Å². The third-order valence-electron chi connectivity index (χ3n) is 4.25. The van der Waals surface area contributed by atoms with E-state index in [4.69, 9.17) is 23.7 Å². The smallest absolute Gasteiger partial charge is 0.344 e. The summed E-state index contributed by atoms with van der Waals surface area (Å²) < 4.78 is 26.1. The third kappa shape index (κ3) is 5.19. The van der Waals surface area contributed by atoms with E-state index in [2.05, 4.69) is 5.32 Å². The molecule has 0 spiro atoms. The molecule has 0 unspecified atom stereocenters. The van der Waals surface area contributed by atoms with Gasteiger partial charge in [0, 0.05) is 12.1 Å². The molecule has 0 aromatic heterocycles. The van der Waals surface area contributed by atoms with Crippen LogP contribution in [0.4, 0.5) is 0 Å². The number of nitrogens with one attached hydrogen (secondary N) is 1. The average molecular weight is 415 g/mol. The van der Waals surface area contributed by atoms with Crippen LogP contribution in [0.1, 0.15) is 22.8 Å². The minimum atomic E-state index is -1.01. The predicted octanol–water partition coefficient (Wildman–Crippen LogP) is 1.86. The lowest BCUT2D eigenvalue weighted by Gasteiger charge is -2.15. The summed E-state index contributed by atoms with van der Waals surface area (Å²) in [6, 6.07) is 9.87. The number of hydrogen-bond donors (Lipinski definition) is 1. The van der Waals surface area contributed by atoms with E-state index < -0.39 is 24.6 Å². The Balaban J connectivity index is 1.45. The van der Waals surface area contributed by atoms with Crippen LogP contribution in [0, 0.1) is 0 Å². The fourth-order valence-electron chi connectivity index (χ4n) is 2.68. The van der Waals surface area contributed by atoms with Crippen molar-refractivity contribution in [2.24, 2.45) is 0 Å². The Labute approximate surface area is 172 Å². The molecule has 1 aliphatic rings. The first-order valence-corrected chi connectivity index (χ1v) is 9.12. The second-order valence-electron chi connectivity index (χ2n) is 6.35. The fraction of sp³-hybridized carbons (Fsp3) is 0.286. The molecule has 0 saturated carbocycles. The molecule has 1 heterocycles. The van der Waals surface area contributed by atoms with Gasteiger partial charge in [-0.2, -0.15) is 0 Å². The lowest BCUT2D eigenvalue weighted by molar-refractivity contribution is -0.156. The van der Waals surface area contributed by atoms with Crippen LogP contribution < -0.4 is 24.3 Å². The van der Waals surface area contributed by atoms with Gasteiger partial charge in [-0.25, -0.2) is 4.79 Å². The summed E-state index contributed by atoms with van der Waals surface area (Å²) in [5.74, 6) is 0.692. The maximum Gasteiger partial charge on any atom is 0.344 e. The molecule has 158 valence electrons. The van der Waals surface area contributed by atoms with Gasteiger partial charge >= 0.3 is 5.97 Å². The molecule has 0 bridgehead atoms. The number of amides is 1. The summed E-state index contributed by atoms with van der Waals surface area (Å²) in [7, 11) is 1.42. The van der Waals surface area contributed by atoms with Crippen LogP contribution >= 0.6 is 0 Å². The molecule has 1 atom stereocenters. The summed E-state index contributed by atoms with van der Waals surface area (Å²) >= 11 is 0. The molecule has 2 aromatic rings. The minimum absolute atomic E-state index is 0.174. The summed E-state index contributed by atoms with van der Waals surface area (Å²) in [6.07, 6.45) is -0.334. The van der Waals surface area contributed by atoms with Gasteiger partial charge in [-0.05, 0) is 42.8 Å². The number of aldehydes is 1. The van der Waals surface area contributed by atoms with Crippen LogP contribution in [0.15, 0.2) is 36.4 Å². The molecule has 1 amide bonds. The summed E-state index contributed by atoms with van der Waals surface area (Å²) in [5, 5.41) is 2.69. The summed E-state index contributed by atoms with van der Waals surface area (Å²) in [5.41, 5.74) is 1.23. The number of hydrogen-bond acceptors (Lipinski definition) is 8. The number of carbonyl (C=O) groups excluding carboxylic acids is 3. The third-order valence-corrected chi connectivity index (χ3v) is 4.25. The highest BCUT2D eigenvalue weighted by Gasteiger charge is 2.19. The van der Waals surface area contributed by atoms with Gasteiger partial charge in [-0.1, -0.05) is 6.07 Å². The van der Waals surface area contributed by atoms with Gasteiger partial charge in [0.15, 0.2) is 35.7 Å². The van der Waals surface area contributed by atoms with Crippen molar-refractivity contribution in [3.05, 3.63) is 47.5 Å². The molecule has 1 aliphatic heterocycles. The minimum Gasteiger partial charge on any atom is -0.493 e. The van der Waals surface area contributed by atoms with Crippen molar-refractivity contribution in [1.82, 2.24) is 5.32 Å². The molecule has 0 saturated heterocycles. The molecule has 1 N–H and O–H groups in total. The molecule has 30 heavy (non-hydrogen) atoms. The van der Waals surface area contributed by atoms with Crippen LogP contribution in [-0.2, 0) is 20.9 Å². The Morgan fingerprint density at radius 1 is 1.13 bits per heavy atom. The van der Waals surface area contributed by atoms with Crippen molar-refractivity contribution in [3.63, 3.8) is 0 Å². The van der Waals surface area contributed by atoms with Crippen molar-refractivity contribution in [2.75, 3.05) is 20.5 Å². The Bertz CT molecular complexity index is 943. The van der Waals surface area contributed by atoms with Gasteiger partial charge < -0.3 is 29.0 Å². The van der Waals surface area contributed by atoms with Crippen molar-refractivity contribution < 1.29 is 38.1 Å². The van der Waals surface area contributed by atoms with Gasteiger partial charge in [0.2, 0.25) is 6.79 Å². The molecular formula is C21H21NO8. The normalized spacial score (nSPS) is 12.6. The van der Waals surface area contributed by atoms with Gasteiger partial charge in [0.1, 0.15) is 6.29 Å². The number of methoxy groups -OCH3 is 1. The van der Waals surface area contributed by atoms with Crippen LogP contribution in [0.25, 0.3) is 0 Å². The van der Waals surface area contributed by atoms with E-state index in [1.54, 1.807) is 12.1 Å². The van der Waals surface area contributed by atoms with Crippen molar-refractivity contribution in [1.29, 1.82) is 0 Å². The average Bonchev–Trinajstić information content (AvgIpc) is 3.23. The quantitative estimate of drug-likeness (QED) is 0.488. The first kappa shape index (κ1) is 21.0. The number of esters is 1. The first-order chi connectivity index (χ1) is 14.5. The molecule has 2 aromatic carbocycles. The SMILES string of the molecule is COc1cc(C=O)ccc1OCC(=O)O[C@@H](C)C(=O)NCc1ccc2c(c1)OCO2. The van der Waals surface area contributed by atoms with E-state index >= 15 is 0 Å². The maximum atomic E-state index is 12.2. The van der Waals surface area contributed by atoms with E-state index in [1.807, 2.05) is 6.07 Å². The van der Waals surface area contributed by atoms with Crippen LogP contribution in [0.2, 0.25) is 0 Å². The van der Waals surface area contributed by atoms with Crippen LogP contribution in [0.3, 0.4) is 0 Å². The monoisotopic (exact) mass is 415 g/mol. The van der Waals surface area contributed by atoms with Crippen LogP contribution in [0.5, 0.6) is 23.0 Å². The number of fused-ring (bicyclic) bond motifs is 1. The van der Waals surface area contributed by atoms with E-state index in [0.717, 1.165) is 5.56 Å². The zero-order chi connectivity index (χ0) is 21.5. The molecule has 9 nitrogen and oxygen atoms in total. The Hall–Kier alpha value is -3.75. The first-order valence-electron chi connectivity index (χ1n) is 9.12. The van der Waals surface area contributed by atoms with Crippen molar-refractivity contribution in [2.45, 2.75) is 19.6 Å². The molecule has 0 fully saturated rings. The van der Waals surface area contributed by atoms with E-state index in [-0.39, 0.29) is 19.1 Å². The van der Waals surface area contributed by atoms with E-state index in [1.165, 1.54) is 32.2 Å². The molecule has 9 heteroatoms. The van der Waals surface area contributed by atoms with E-state index in [0.29, 0.717) is 29.1 Å². The predicted molar refractivity (Wildman–Crippen MR) is 104 cm³/mol. The standard InChI is InChI=1S/C21H21NO8/c1-13(21(25)22-9-14-3-5-17-19(7-14)29-12-28-17)30-20(24)11-27-16-6-4-15(10-23)8-18(16)26-2/h3-8,10,13H,9,11-12H2,1-2H3,(H,22,25)/t13-/m0/s1. The van der Waals surface area contributed by atoms with Gasteiger partial charge in [-0.3, -0.25) is 9.59 Å². The largest absolute Gasteiger partial charge is 0.493 e. The van der Waals surface area contributed by atoms with Crippen LogP contribution in [-0.4, -0.2) is 44.8 Å². The van der Waals surface area contributed by atoms with Crippen molar-refractivity contribution in [3.8, 4) is 23.0 Å². The highest BCUT2D eigenvalue weighted by molar-refractivity contribution is 5.83.